The Morgan fingerprint density at radius 2 is 2.11 bits per heavy atom. The molecule has 2 rings (SSSR count). The molecule has 106 valence electrons. The molecule has 1 aliphatic rings. The minimum Gasteiger partial charge on any atom is -0.313 e. The van der Waals surface area contributed by atoms with Crippen LogP contribution in [-0.4, -0.2) is 30.6 Å². The standard InChI is InChI=1S/C17H28N2/c1-2-13-19-14-7-11-17(19)10-6-12-18-15-16-8-4-3-5-9-16/h3-5,8-9,17-18H,2,6-7,10-15H2,1H3. The average Bonchev–Trinajstić information content (AvgIpc) is 2.88. The highest BCUT2D eigenvalue weighted by Crippen LogP contribution is 2.21. The Kier molecular flexibility index (Phi) is 6.38. The number of hydrogen-bond donors (Lipinski definition) is 1. The van der Waals surface area contributed by atoms with Crippen molar-refractivity contribution in [2.45, 2.75) is 51.6 Å². The lowest BCUT2D eigenvalue weighted by molar-refractivity contribution is 0.240. The molecule has 19 heavy (non-hydrogen) atoms. The van der Waals surface area contributed by atoms with Crippen LogP contribution in [-0.2, 0) is 6.54 Å². The molecule has 1 atom stereocenters. The first-order valence-corrected chi connectivity index (χ1v) is 7.89. The van der Waals surface area contributed by atoms with Crippen LogP contribution in [0.3, 0.4) is 0 Å². The van der Waals surface area contributed by atoms with Gasteiger partial charge in [-0.05, 0) is 57.3 Å². The second kappa shape index (κ2) is 8.34. The molecule has 0 bridgehead atoms. The van der Waals surface area contributed by atoms with Gasteiger partial charge in [0.05, 0.1) is 0 Å². The van der Waals surface area contributed by atoms with Crippen molar-refractivity contribution in [1.82, 2.24) is 10.2 Å². The van der Waals surface area contributed by atoms with Crippen molar-refractivity contribution in [2.24, 2.45) is 0 Å². The molecule has 2 heteroatoms. The summed E-state index contributed by atoms with van der Waals surface area (Å²) < 4.78 is 0. The molecule has 0 spiro atoms. The van der Waals surface area contributed by atoms with Gasteiger partial charge in [-0.25, -0.2) is 0 Å². The van der Waals surface area contributed by atoms with Gasteiger partial charge in [-0.15, -0.1) is 0 Å². The predicted octanol–water partition coefficient (Wildman–Crippen LogP) is 3.43. The molecule has 1 saturated heterocycles. The van der Waals surface area contributed by atoms with E-state index >= 15 is 0 Å². The maximum absolute atomic E-state index is 3.55. The summed E-state index contributed by atoms with van der Waals surface area (Å²) in [4.78, 5) is 2.69. The lowest BCUT2D eigenvalue weighted by atomic mass is 10.1. The molecule has 1 N–H and O–H groups in total. The van der Waals surface area contributed by atoms with Crippen molar-refractivity contribution in [3.63, 3.8) is 0 Å². The summed E-state index contributed by atoms with van der Waals surface area (Å²) in [6, 6.07) is 11.5. The van der Waals surface area contributed by atoms with E-state index in [-0.39, 0.29) is 0 Å². The number of likely N-dealkylation sites (tertiary alicyclic amines) is 1. The summed E-state index contributed by atoms with van der Waals surface area (Å²) in [5, 5.41) is 3.55. The molecule has 1 aromatic carbocycles. The molecule has 0 radical (unpaired) electrons. The molecule has 1 aliphatic heterocycles. The van der Waals surface area contributed by atoms with Gasteiger partial charge in [0.1, 0.15) is 0 Å². The summed E-state index contributed by atoms with van der Waals surface area (Å²) in [7, 11) is 0. The molecule has 1 heterocycles. The lowest BCUT2D eigenvalue weighted by Crippen LogP contribution is -2.30. The Morgan fingerprint density at radius 1 is 1.26 bits per heavy atom. The lowest BCUT2D eigenvalue weighted by Gasteiger charge is -2.23. The third-order valence-electron chi connectivity index (χ3n) is 4.07. The van der Waals surface area contributed by atoms with E-state index in [1.165, 1.54) is 50.8 Å². The topological polar surface area (TPSA) is 15.3 Å². The van der Waals surface area contributed by atoms with Gasteiger partial charge in [0.15, 0.2) is 0 Å². The quantitative estimate of drug-likeness (QED) is 0.720. The minimum atomic E-state index is 0.860. The molecule has 1 fully saturated rings. The summed E-state index contributed by atoms with van der Waals surface area (Å²) >= 11 is 0. The number of nitrogens with zero attached hydrogens (tertiary/aromatic N) is 1. The van der Waals surface area contributed by atoms with E-state index in [1.807, 2.05) is 0 Å². The Morgan fingerprint density at radius 3 is 2.89 bits per heavy atom. The predicted molar refractivity (Wildman–Crippen MR) is 82.3 cm³/mol. The van der Waals surface area contributed by atoms with Crippen molar-refractivity contribution >= 4 is 0 Å². The average molecular weight is 260 g/mol. The summed E-state index contributed by atoms with van der Waals surface area (Å²) in [6.45, 7) is 7.06. The molecule has 0 aliphatic carbocycles. The van der Waals surface area contributed by atoms with E-state index in [2.05, 4.69) is 47.5 Å². The van der Waals surface area contributed by atoms with Crippen LogP contribution in [0.25, 0.3) is 0 Å². The molecule has 0 saturated carbocycles. The highest BCUT2D eigenvalue weighted by molar-refractivity contribution is 5.14. The van der Waals surface area contributed by atoms with Crippen molar-refractivity contribution in [3.05, 3.63) is 35.9 Å². The van der Waals surface area contributed by atoms with Crippen molar-refractivity contribution in [2.75, 3.05) is 19.6 Å². The fourth-order valence-electron chi connectivity index (χ4n) is 3.09. The van der Waals surface area contributed by atoms with Crippen LogP contribution in [0.4, 0.5) is 0 Å². The Balaban J connectivity index is 1.56. The van der Waals surface area contributed by atoms with Gasteiger partial charge in [0.25, 0.3) is 0 Å². The van der Waals surface area contributed by atoms with Crippen LogP contribution in [0.1, 0.15) is 44.6 Å². The van der Waals surface area contributed by atoms with Gasteiger partial charge >= 0.3 is 0 Å². The van der Waals surface area contributed by atoms with Gasteiger partial charge in [0, 0.05) is 12.6 Å². The summed E-state index contributed by atoms with van der Waals surface area (Å²) in [5.41, 5.74) is 1.39. The maximum Gasteiger partial charge on any atom is 0.0205 e. The van der Waals surface area contributed by atoms with Crippen LogP contribution >= 0.6 is 0 Å². The zero-order valence-corrected chi connectivity index (χ0v) is 12.3. The minimum absolute atomic E-state index is 0.860. The highest BCUT2D eigenvalue weighted by atomic mass is 15.2. The molecular formula is C17H28N2. The molecule has 1 aromatic rings. The molecule has 0 amide bonds. The van der Waals surface area contributed by atoms with Crippen molar-refractivity contribution in [3.8, 4) is 0 Å². The second-order valence-electron chi connectivity index (χ2n) is 5.64. The van der Waals surface area contributed by atoms with Crippen molar-refractivity contribution < 1.29 is 0 Å². The zero-order chi connectivity index (χ0) is 13.3. The Bertz CT molecular complexity index is 336. The van der Waals surface area contributed by atoms with E-state index < -0.39 is 0 Å². The van der Waals surface area contributed by atoms with E-state index in [4.69, 9.17) is 0 Å². The van der Waals surface area contributed by atoms with E-state index in [1.54, 1.807) is 0 Å². The van der Waals surface area contributed by atoms with E-state index in [0.29, 0.717) is 0 Å². The fourth-order valence-corrected chi connectivity index (χ4v) is 3.09. The molecular weight excluding hydrogens is 232 g/mol. The monoisotopic (exact) mass is 260 g/mol. The van der Waals surface area contributed by atoms with Gasteiger partial charge < -0.3 is 10.2 Å². The maximum atomic E-state index is 3.55. The first-order chi connectivity index (χ1) is 9.40. The van der Waals surface area contributed by atoms with Crippen LogP contribution < -0.4 is 5.32 Å². The van der Waals surface area contributed by atoms with Crippen LogP contribution in [0, 0.1) is 0 Å². The smallest absolute Gasteiger partial charge is 0.0205 e. The highest BCUT2D eigenvalue weighted by Gasteiger charge is 2.22. The number of rotatable bonds is 8. The normalized spacial score (nSPS) is 19.9. The first kappa shape index (κ1) is 14.5. The largest absolute Gasteiger partial charge is 0.313 e. The second-order valence-corrected chi connectivity index (χ2v) is 5.64. The zero-order valence-electron chi connectivity index (χ0n) is 12.3. The fraction of sp³-hybridized carbons (Fsp3) is 0.647. The van der Waals surface area contributed by atoms with E-state index in [0.717, 1.165) is 19.1 Å². The number of hydrogen-bond acceptors (Lipinski definition) is 2. The molecule has 1 unspecified atom stereocenters. The SMILES string of the molecule is CCCN1CCCC1CCCNCc1ccccc1. The van der Waals surface area contributed by atoms with Gasteiger partial charge in [-0.1, -0.05) is 37.3 Å². The summed E-state index contributed by atoms with van der Waals surface area (Å²) in [5.74, 6) is 0. The summed E-state index contributed by atoms with van der Waals surface area (Å²) in [6.07, 6.45) is 6.78. The van der Waals surface area contributed by atoms with E-state index in [9.17, 15) is 0 Å². The van der Waals surface area contributed by atoms with Crippen LogP contribution in [0.15, 0.2) is 30.3 Å². The molecule has 0 aromatic heterocycles. The Labute approximate surface area is 118 Å². The number of nitrogens with one attached hydrogen (secondary N) is 1. The third kappa shape index (κ3) is 4.96. The third-order valence-corrected chi connectivity index (χ3v) is 4.07. The van der Waals surface area contributed by atoms with Crippen molar-refractivity contribution in [1.29, 1.82) is 0 Å². The number of benzene rings is 1. The first-order valence-electron chi connectivity index (χ1n) is 7.89. The van der Waals surface area contributed by atoms with Gasteiger partial charge in [0.2, 0.25) is 0 Å². The Hall–Kier alpha value is -0.860. The molecule has 2 nitrogen and oxygen atoms in total. The van der Waals surface area contributed by atoms with Crippen LogP contribution in [0.2, 0.25) is 0 Å². The van der Waals surface area contributed by atoms with Gasteiger partial charge in [-0.2, -0.15) is 0 Å². The van der Waals surface area contributed by atoms with Gasteiger partial charge in [-0.3, -0.25) is 0 Å². The van der Waals surface area contributed by atoms with Crippen LogP contribution in [0.5, 0.6) is 0 Å².